The molecule has 0 radical (unpaired) electrons. The second kappa shape index (κ2) is 7.20. The maximum atomic E-state index is 12.8. The molecule has 1 aromatic heterocycles. The summed E-state index contributed by atoms with van der Waals surface area (Å²) in [6.45, 7) is 3.57. The van der Waals surface area contributed by atoms with Crippen molar-refractivity contribution in [2.24, 2.45) is 5.92 Å². The van der Waals surface area contributed by atoms with Gasteiger partial charge < -0.3 is 9.64 Å². The number of ether oxygens (including phenoxy) is 1. The zero-order chi connectivity index (χ0) is 17.2. The standard InChI is InChI=1S/C21H25NO2S/c1-15-5-12-20(25-15)21(23)22(18-8-9-18)13-16-6-10-19(11-7-16)24-14-17-3-2-4-17/h5-7,10-12,17-18H,2-4,8-9,13-14H2,1H3. The van der Waals surface area contributed by atoms with Crippen LogP contribution in [0.1, 0.15) is 52.2 Å². The van der Waals surface area contributed by atoms with Gasteiger partial charge in [-0.05, 0) is 68.4 Å². The van der Waals surface area contributed by atoms with Crippen molar-refractivity contribution < 1.29 is 9.53 Å². The van der Waals surface area contributed by atoms with E-state index in [1.54, 1.807) is 11.3 Å². The molecule has 132 valence electrons. The van der Waals surface area contributed by atoms with Gasteiger partial charge in [-0.3, -0.25) is 4.79 Å². The number of carbonyl (C=O) groups excluding carboxylic acids is 1. The smallest absolute Gasteiger partial charge is 0.264 e. The lowest BCUT2D eigenvalue weighted by Gasteiger charge is -2.25. The second-order valence-electron chi connectivity index (χ2n) is 7.33. The Bertz CT molecular complexity index is 729. The number of hydrogen-bond acceptors (Lipinski definition) is 3. The van der Waals surface area contributed by atoms with Crippen molar-refractivity contribution in [3.63, 3.8) is 0 Å². The lowest BCUT2D eigenvalue weighted by atomic mass is 9.86. The minimum Gasteiger partial charge on any atom is -0.493 e. The van der Waals surface area contributed by atoms with E-state index < -0.39 is 0 Å². The molecule has 25 heavy (non-hydrogen) atoms. The summed E-state index contributed by atoms with van der Waals surface area (Å²) in [5, 5.41) is 0. The fourth-order valence-corrected chi connectivity index (χ4v) is 4.03. The molecule has 2 saturated carbocycles. The van der Waals surface area contributed by atoms with Gasteiger partial charge in [0.25, 0.3) is 5.91 Å². The molecule has 1 amide bonds. The molecule has 2 fully saturated rings. The zero-order valence-corrected chi connectivity index (χ0v) is 15.6. The van der Waals surface area contributed by atoms with E-state index in [1.807, 2.05) is 36.1 Å². The van der Waals surface area contributed by atoms with Crippen LogP contribution in [0.2, 0.25) is 0 Å². The number of rotatable bonds is 7. The lowest BCUT2D eigenvalue weighted by Crippen LogP contribution is -2.32. The Balaban J connectivity index is 1.39. The van der Waals surface area contributed by atoms with Crippen LogP contribution in [0, 0.1) is 12.8 Å². The highest BCUT2D eigenvalue weighted by Gasteiger charge is 2.33. The Kier molecular flexibility index (Phi) is 4.80. The van der Waals surface area contributed by atoms with E-state index in [1.165, 1.54) is 29.7 Å². The predicted molar refractivity (Wildman–Crippen MR) is 101 cm³/mol. The molecule has 0 unspecified atom stereocenters. The topological polar surface area (TPSA) is 29.5 Å². The van der Waals surface area contributed by atoms with Crippen LogP contribution < -0.4 is 4.74 Å². The molecule has 2 aliphatic carbocycles. The highest BCUT2D eigenvalue weighted by atomic mass is 32.1. The quantitative estimate of drug-likeness (QED) is 0.696. The molecular formula is C21H25NO2S. The van der Waals surface area contributed by atoms with Crippen molar-refractivity contribution in [1.29, 1.82) is 0 Å². The maximum Gasteiger partial charge on any atom is 0.264 e. The number of aryl methyl sites for hydroxylation is 1. The second-order valence-corrected chi connectivity index (χ2v) is 8.61. The number of amides is 1. The summed E-state index contributed by atoms with van der Waals surface area (Å²) in [5.41, 5.74) is 1.17. The van der Waals surface area contributed by atoms with Gasteiger partial charge in [-0.1, -0.05) is 18.6 Å². The molecule has 1 heterocycles. The summed E-state index contributed by atoms with van der Waals surface area (Å²) < 4.78 is 5.87. The SMILES string of the molecule is Cc1ccc(C(=O)N(Cc2ccc(OCC3CCC3)cc2)C2CC2)s1. The molecule has 0 bridgehead atoms. The number of carbonyl (C=O) groups is 1. The fourth-order valence-electron chi connectivity index (χ4n) is 3.21. The van der Waals surface area contributed by atoms with Crippen molar-refractivity contribution >= 4 is 17.2 Å². The van der Waals surface area contributed by atoms with Crippen LogP contribution in [0.5, 0.6) is 5.75 Å². The van der Waals surface area contributed by atoms with E-state index in [4.69, 9.17) is 4.74 Å². The summed E-state index contributed by atoms with van der Waals surface area (Å²) in [6, 6.07) is 12.7. The first-order valence-corrected chi connectivity index (χ1v) is 10.1. The van der Waals surface area contributed by atoms with Crippen LogP contribution >= 0.6 is 11.3 Å². The molecule has 0 aliphatic heterocycles. The van der Waals surface area contributed by atoms with E-state index >= 15 is 0 Å². The Morgan fingerprint density at radius 2 is 1.88 bits per heavy atom. The van der Waals surface area contributed by atoms with Crippen molar-refractivity contribution in [2.45, 2.75) is 51.6 Å². The average molecular weight is 356 g/mol. The van der Waals surface area contributed by atoms with Gasteiger partial charge in [0.15, 0.2) is 0 Å². The zero-order valence-electron chi connectivity index (χ0n) is 14.7. The van der Waals surface area contributed by atoms with Gasteiger partial charge >= 0.3 is 0 Å². The molecule has 0 N–H and O–H groups in total. The summed E-state index contributed by atoms with van der Waals surface area (Å²) in [6.07, 6.45) is 6.20. The Morgan fingerprint density at radius 1 is 1.12 bits per heavy atom. The summed E-state index contributed by atoms with van der Waals surface area (Å²) in [5.74, 6) is 1.86. The maximum absolute atomic E-state index is 12.8. The molecule has 2 aromatic rings. The molecule has 4 heteroatoms. The predicted octanol–water partition coefficient (Wildman–Crippen LogP) is 5.04. The van der Waals surface area contributed by atoms with Gasteiger partial charge in [0.1, 0.15) is 5.75 Å². The van der Waals surface area contributed by atoms with Crippen molar-refractivity contribution in [2.75, 3.05) is 6.61 Å². The van der Waals surface area contributed by atoms with Crippen molar-refractivity contribution in [3.8, 4) is 5.75 Å². The van der Waals surface area contributed by atoms with Gasteiger partial charge in [0.05, 0.1) is 11.5 Å². The van der Waals surface area contributed by atoms with E-state index in [0.29, 0.717) is 12.6 Å². The monoisotopic (exact) mass is 355 g/mol. The minimum absolute atomic E-state index is 0.172. The first-order valence-electron chi connectivity index (χ1n) is 9.28. The molecule has 0 spiro atoms. The van der Waals surface area contributed by atoms with Gasteiger partial charge in [0.2, 0.25) is 0 Å². The Morgan fingerprint density at radius 3 is 2.44 bits per heavy atom. The molecule has 1 aromatic carbocycles. The molecule has 3 nitrogen and oxygen atoms in total. The number of nitrogens with zero attached hydrogens (tertiary/aromatic N) is 1. The normalized spacial score (nSPS) is 17.2. The Hall–Kier alpha value is -1.81. The minimum atomic E-state index is 0.172. The van der Waals surface area contributed by atoms with E-state index in [9.17, 15) is 4.79 Å². The van der Waals surface area contributed by atoms with Crippen LogP contribution in [0.15, 0.2) is 36.4 Å². The molecule has 2 aliphatic rings. The summed E-state index contributed by atoms with van der Waals surface area (Å²) >= 11 is 1.59. The summed E-state index contributed by atoms with van der Waals surface area (Å²) in [7, 11) is 0. The van der Waals surface area contributed by atoms with Gasteiger partial charge in [0, 0.05) is 17.5 Å². The van der Waals surface area contributed by atoms with E-state index in [0.717, 1.165) is 36.0 Å². The number of benzene rings is 1. The van der Waals surface area contributed by atoms with E-state index in [2.05, 4.69) is 12.1 Å². The van der Waals surface area contributed by atoms with Crippen molar-refractivity contribution in [1.82, 2.24) is 4.90 Å². The highest BCUT2D eigenvalue weighted by Crippen LogP contribution is 2.32. The van der Waals surface area contributed by atoms with Crippen LogP contribution in [0.25, 0.3) is 0 Å². The fraction of sp³-hybridized carbons (Fsp3) is 0.476. The third-order valence-corrected chi connectivity index (χ3v) is 6.18. The van der Waals surface area contributed by atoms with Gasteiger partial charge in [-0.15, -0.1) is 11.3 Å². The molecule has 0 saturated heterocycles. The molecule has 0 atom stereocenters. The highest BCUT2D eigenvalue weighted by molar-refractivity contribution is 7.13. The van der Waals surface area contributed by atoms with Crippen LogP contribution in [-0.2, 0) is 6.54 Å². The van der Waals surface area contributed by atoms with Crippen LogP contribution in [-0.4, -0.2) is 23.5 Å². The van der Waals surface area contributed by atoms with E-state index in [-0.39, 0.29) is 5.91 Å². The average Bonchev–Trinajstić information content (AvgIpc) is 3.32. The number of thiophene rings is 1. The third kappa shape index (κ3) is 4.06. The molecule has 4 rings (SSSR count). The summed E-state index contributed by atoms with van der Waals surface area (Å²) in [4.78, 5) is 16.9. The largest absolute Gasteiger partial charge is 0.493 e. The Labute approximate surface area is 153 Å². The van der Waals surface area contributed by atoms with Crippen molar-refractivity contribution in [3.05, 3.63) is 51.7 Å². The third-order valence-electron chi connectivity index (χ3n) is 5.19. The molecular weight excluding hydrogens is 330 g/mol. The van der Waals surface area contributed by atoms with Gasteiger partial charge in [-0.2, -0.15) is 0 Å². The van der Waals surface area contributed by atoms with Gasteiger partial charge in [-0.25, -0.2) is 0 Å². The lowest BCUT2D eigenvalue weighted by molar-refractivity contribution is 0.0735. The van der Waals surface area contributed by atoms with Crippen LogP contribution in [0.4, 0.5) is 0 Å². The number of hydrogen-bond donors (Lipinski definition) is 0. The first-order chi connectivity index (χ1) is 12.2. The van der Waals surface area contributed by atoms with Crippen LogP contribution in [0.3, 0.4) is 0 Å². The first kappa shape index (κ1) is 16.6.